The molecule has 108 valence electrons. The van der Waals surface area contributed by atoms with Crippen LogP contribution in [0.25, 0.3) is 22.0 Å². The molecular weight excluding hydrogens is 286 g/mol. The number of hydrogen-bond acceptors (Lipinski definition) is 3. The maximum atomic E-state index is 9.38. The van der Waals surface area contributed by atoms with E-state index >= 15 is 0 Å². The molecule has 0 spiro atoms. The summed E-state index contributed by atoms with van der Waals surface area (Å²) in [7, 11) is 0. The van der Waals surface area contributed by atoms with Crippen LogP contribution in [0.5, 0.6) is 5.75 Å². The van der Waals surface area contributed by atoms with Gasteiger partial charge in [-0.2, -0.15) is 5.10 Å². The Morgan fingerprint density at radius 3 is 2.52 bits per heavy atom. The van der Waals surface area contributed by atoms with E-state index in [1.165, 1.54) is 0 Å². The van der Waals surface area contributed by atoms with Crippen molar-refractivity contribution in [3.8, 4) is 16.9 Å². The Balaban J connectivity index is 2.11. The Morgan fingerprint density at radius 2 is 1.86 bits per heavy atom. The molecule has 0 saturated carbocycles. The number of hydrogen-bond donors (Lipinski definition) is 2. The van der Waals surface area contributed by atoms with E-state index in [0.717, 1.165) is 22.0 Å². The van der Waals surface area contributed by atoms with Gasteiger partial charge in [0.1, 0.15) is 5.75 Å². The standard InChI is InChI=1S/C16H16ClN3O/c1-10(18)9-20-15-8-12(4-7-14(15)16(17)19-20)11-2-5-13(21)6-3-11/h2-8,10,21H,9,18H2,1H3. The number of nitrogens with two attached hydrogens (primary N) is 1. The van der Waals surface area contributed by atoms with Gasteiger partial charge in [0.25, 0.3) is 0 Å². The van der Waals surface area contributed by atoms with Crippen LogP contribution in [0, 0.1) is 0 Å². The van der Waals surface area contributed by atoms with E-state index in [1.807, 2.05) is 41.9 Å². The lowest BCUT2D eigenvalue weighted by molar-refractivity contribution is 0.475. The third-order valence-corrected chi connectivity index (χ3v) is 3.65. The number of aromatic hydroxyl groups is 1. The zero-order valence-electron chi connectivity index (χ0n) is 11.6. The Labute approximate surface area is 127 Å². The molecule has 0 aliphatic rings. The minimum atomic E-state index is 0.00138. The van der Waals surface area contributed by atoms with Crippen molar-refractivity contribution in [3.63, 3.8) is 0 Å². The molecule has 0 aliphatic heterocycles. The fourth-order valence-corrected chi connectivity index (χ4v) is 2.63. The highest BCUT2D eigenvalue weighted by Gasteiger charge is 2.11. The summed E-state index contributed by atoms with van der Waals surface area (Å²) >= 11 is 6.17. The Bertz CT molecular complexity index is 778. The van der Waals surface area contributed by atoms with Crippen LogP contribution >= 0.6 is 11.6 Å². The smallest absolute Gasteiger partial charge is 0.158 e. The van der Waals surface area contributed by atoms with Gasteiger partial charge in [0, 0.05) is 11.4 Å². The first-order valence-electron chi connectivity index (χ1n) is 6.75. The van der Waals surface area contributed by atoms with E-state index in [0.29, 0.717) is 11.7 Å². The molecule has 4 nitrogen and oxygen atoms in total. The molecule has 1 heterocycles. The van der Waals surface area contributed by atoms with Crippen LogP contribution in [0.4, 0.5) is 0 Å². The van der Waals surface area contributed by atoms with Crippen LogP contribution in [-0.4, -0.2) is 20.9 Å². The van der Waals surface area contributed by atoms with Crippen molar-refractivity contribution >= 4 is 22.5 Å². The molecular formula is C16H16ClN3O. The Kier molecular flexibility index (Phi) is 3.57. The van der Waals surface area contributed by atoms with Gasteiger partial charge in [-0.1, -0.05) is 29.8 Å². The van der Waals surface area contributed by atoms with Gasteiger partial charge in [0.2, 0.25) is 0 Å². The first-order chi connectivity index (χ1) is 10.0. The molecule has 1 aromatic heterocycles. The molecule has 0 aliphatic carbocycles. The Hall–Kier alpha value is -2.04. The molecule has 3 rings (SSSR count). The second-order valence-corrected chi connectivity index (χ2v) is 5.59. The molecule has 0 amide bonds. The quantitative estimate of drug-likeness (QED) is 0.779. The van der Waals surface area contributed by atoms with Gasteiger partial charge in [-0.15, -0.1) is 0 Å². The minimum absolute atomic E-state index is 0.00138. The zero-order chi connectivity index (χ0) is 15.0. The lowest BCUT2D eigenvalue weighted by atomic mass is 10.0. The number of benzene rings is 2. The van der Waals surface area contributed by atoms with Gasteiger partial charge >= 0.3 is 0 Å². The number of halogens is 1. The monoisotopic (exact) mass is 301 g/mol. The molecule has 0 fully saturated rings. The predicted molar refractivity (Wildman–Crippen MR) is 85.5 cm³/mol. The lowest BCUT2D eigenvalue weighted by Crippen LogP contribution is -2.22. The van der Waals surface area contributed by atoms with Crippen LogP contribution < -0.4 is 5.73 Å². The van der Waals surface area contributed by atoms with Gasteiger partial charge in [-0.25, -0.2) is 0 Å². The van der Waals surface area contributed by atoms with E-state index in [2.05, 4.69) is 5.10 Å². The van der Waals surface area contributed by atoms with Crippen molar-refractivity contribution in [1.29, 1.82) is 0 Å². The molecule has 21 heavy (non-hydrogen) atoms. The fraction of sp³-hybridized carbons (Fsp3) is 0.188. The molecule has 0 radical (unpaired) electrons. The second-order valence-electron chi connectivity index (χ2n) is 5.23. The van der Waals surface area contributed by atoms with Crippen molar-refractivity contribution in [2.45, 2.75) is 19.5 Å². The number of nitrogens with zero attached hydrogens (tertiary/aromatic N) is 2. The maximum Gasteiger partial charge on any atom is 0.158 e. The summed E-state index contributed by atoms with van der Waals surface area (Å²) in [6, 6.07) is 13.1. The second kappa shape index (κ2) is 5.39. The van der Waals surface area contributed by atoms with Gasteiger partial charge < -0.3 is 10.8 Å². The van der Waals surface area contributed by atoms with Gasteiger partial charge in [0.05, 0.1) is 12.1 Å². The van der Waals surface area contributed by atoms with Crippen LogP contribution in [-0.2, 0) is 6.54 Å². The van der Waals surface area contributed by atoms with Crippen LogP contribution in [0.2, 0.25) is 5.15 Å². The summed E-state index contributed by atoms with van der Waals surface area (Å²) < 4.78 is 1.84. The normalized spacial score (nSPS) is 12.7. The van der Waals surface area contributed by atoms with Crippen molar-refractivity contribution in [3.05, 3.63) is 47.6 Å². The first kappa shape index (κ1) is 13.9. The molecule has 3 aromatic rings. The van der Waals surface area contributed by atoms with E-state index in [1.54, 1.807) is 12.1 Å². The third-order valence-electron chi connectivity index (χ3n) is 3.37. The molecule has 3 N–H and O–H groups in total. The SMILES string of the molecule is CC(N)Cn1nc(Cl)c2ccc(-c3ccc(O)cc3)cc21. The third kappa shape index (κ3) is 2.73. The largest absolute Gasteiger partial charge is 0.508 e. The van der Waals surface area contributed by atoms with Crippen LogP contribution in [0.1, 0.15) is 6.92 Å². The first-order valence-corrected chi connectivity index (χ1v) is 7.13. The van der Waals surface area contributed by atoms with Crippen molar-refractivity contribution < 1.29 is 5.11 Å². The molecule has 0 bridgehead atoms. The van der Waals surface area contributed by atoms with Crippen molar-refractivity contribution in [2.75, 3.05) is 0 Å². The highest BCUT2D eigenvalue weighted by atomic mass is 35.5. The molecule has 2 aromatic carbocycles. The van der Waals surface area contributed by atoms with Crippen LogP contribution in [0.3, 0.4) is 0 Å². The number of rotatable bonds is 3. The maximum absolute atomic E-state index is 9.38. The summed E-state index contributed by atoms with van der Waals surface area (Å²) in [5, 5.41) is 15.1. The molecule has 0 saturated heterocycles. The summed E-state index contributed by atoms with van der Waals surface area (Å²) in [4.78, 5) is 0. The lowest BCUT2D eigenvalue weighted by Gasteiger charge is -2.08. The number of phenols is 1. The van der Waals surface area contributed by atoms with E-state index in [9.17, 15) is 5.11 Å². The number of fused-ring (bicyclic) bond motifs is 1. The van der Waals surface area contributed by atoms with E-state index in [-0.39, 0.29) is 11.8 Å². The number of aromatic nitrogens is 2. The molecule has 1 atom stereocenters. The topological polar surface area (TPSA) is 64.1 Å². The fourth-order valence-electron chi connectivity index (χ4n) is 2.38. The average molecular weight is 302 g/mol. The van der Waals surface area contributed by atoms with Crippen molar-refractivity contribution in [1.82, 2.24) is 9.78 Å². The Morgan fingerprint density at radius 1 is 1.19 bits per heavy atom. The average Bonchev–Trinajstić information content (AvgIpc) is 2.75. The predicted octanol–water partition coefficient (Wildman–Crippen LogP) is 3.41. The van der Waals surface area contributed by atoms with Gasteiger partial charge in [0.15, 0.2) is 5.15 Å². The van der Waals surface area contributed by atoms with Gasteiger partial charge in [-0.3, -0.25) is 4.68 Å². The summed E-state index contributed by atoms with van der Waals surface area (Å²) in [6.45, 7) is 2.55. The summed E-state index contributed by atoms with van der Waals surface area (Å²) in [6.07, 6.45) is 0. The van der Waals surface area contributed by atoms with Crippen LogP contribution in [0.15, 0.2) is 42.5 Å². The summed E-state index contributed by atoms with van der Waals surface area (Å²) in [5.41, 5.74) is 8.89. The van der Waals surface area contributed by atoms with Crippen molar-refractivity contribution in [2.24, 2.45) is 5.73 Å². The zero-order valence-corrected chi connectivity index (χ0v) is 12.4. The van der Waals surface area contributed by atoms with Gasteiger partial charge in [-0.05, 0) is 42.3 Å². The highest BCUT2D eigenvalue weighted by Crippen LogP contribution is 2.29. The molecule has 1 unspecified atom stereocenters. The highest BCUT2D eigenvalue weighted by molar-refractivity contribution is 6.34. The number of phenolic OH excluding ortho intramolecular Hbond substituents is 1. The minimum Gasteiger partial charge on any atom is -0.508 e. The van der Waals surface area contributed by atoms with E-state index < -0.39 is 0 Å². The molecule has 5 heteroatoms. The summed E-state index contributed by atoms with van der Waals surface area (Å²) in [5.74, 6) is 0.255. The van der Waals surface area contributed by atoms with E-state index in [4.69, 9.17) is 17.3 Å².